The molecule has 0 spiro atoms. The Labute approximate surface area is 118 Å². The number of hydrogen-bond acceptors (Lipinski definition) is 3. The molecule has 0 aliphatic rings. The van der Waals surface area contributed by atoms with E-state index in [0.29, 0.717) is 15.8 Å². The molecule has 0 saturated heterocycles. The minimum atomic E-state index is -3.37. The number of hydrogen-bond donors (Lipinski definition) is 2. The lowest BCUT2D eigenvalue weighted by molar-refractivity contribution is 0.587. The van der Waals surface area contributed by atoms with E-state index in [-0.39, 0.29) is 11.7 Å². The molecular weight excluding hydrogens is 372 g/mol. The van der Waals surface area contributed by atoms with Crippen molar-refractivity contribution in [2.24, 2.45) is 5.92 Å². The summed E-state index contributed by atoms with van der Waals surface area (Å²) in [4.78, 5) is 0. The van der Waals surface area contributed by atoms with Crippen LogP contribution < -0.4 is 10.5 Å². The Balaban J connectivity index is 3.04. The second-order valence-electron chi connectivity index (χ2n) is 4.13. The molecule has 1 aromatic rings. The van der Waals surface area contributed by atoms with E-state index in [1.165, 1.54) is 0 Å². The summed E-state index contributed by atoms with van der Waals surface area (Å²) in [6.07, 6.45) is 0. The van der Waals surface area contributed by atoms with E-state index in [2.05, 4.69) is 36.6 Å². The summed E-state index contributed by atoms with van der Waals surface area (Å²) < 4.78 is 27.5. The highest BCUT2D eigenvalue weighted by Crippen LogP contribution is 2.33. The van der Waals surface area contributed by atoms with Crippen LogP contribution in [0.25, 0.3) is 0 Å². The first kappa shape index (κ1) is 14.8. The first-order chi connectivity index (χ1) is 7.71. The highest BCUT2D eigenvalue weighted by molar-refractivity contribution is 9.11. The summed E-state index contributed by atoms with van der Waals surface area (Å²) in [5.41, 5.74) is 6.53. The molecule has 0 aromatic heterocycles. The molecule has 7 heteroatoms. The van der Waals surface area contributed by atoms with E-state index in [1.807, 2.05) is 13.8 Å². The van der Waals surface area contributed by atoms with Crippen LogP contribution >= 0.6 is 31.9 Å². The van der Waals surface area contributed by atoms with Crippen LogP contribution in [0.4, 0.5) is 11.4 Å². The molecule has 0 aliphatic carbocycles. The molecular formula is C10H14Br2N2O2S. The van der Waals surface area contributed by atoms with Crippen molar-refractivity contribution in [2.75, 3.05) is 16.2 Å². The predicted molar refractivity (Wildman–Crippen MR) is 78.5 cm³/mol. The molecule has 3 N–H and O–H groups in total. The minimum Gasteiger partial charge on any atom is -0.397 e. The molecule has 0 fully saturated rings. The van der Waals surface area contributed by atoms with Gasteiger partial charge in [-0.15, -0.1) is 0 Å². The van der Waals surface area contributed by atoms with E-state index in [9.17, 15) is 8.42 Å². The average Bonchev–Trinajstić information content (AvgIpc) is 2.09. The van der Waals surface area contributed by atoms with Gasteiger partial charge < -0.3 is 5.73 Å². The Morgan fingerprint density at radius 1 is 1.35 bits per heavy atom. The van der Waals surface area contributed by atoms with Gasteiger partial charge in [-0.3, -0.25) is 4.72 Å². The first-order valence-electron chi connectivity index (χ1n) is 4.96. The molecule has 1 aromatic carbocycles. The number of anilines is 2. The quantitative estimate of drug-likeness (QED) is 0.781. The Morgan fingerprint density at radius 2 is 1.94 bits per heavy atom. The first-order valence-corrected chi connectivity index (χ1v) is 8.20. The Hall–Kier alpha value is -0.270. The SMILES string of the molecule is CC(C)CS(=O)(=O)Nc1c(N)cc(Br)cc1Br. The smallest absolute Gasteiger partial charge is 0.233 e. The lowest BCUT2D eigenvalue weighted by atomic mass is 10.3. The van der Waals surface area contributed by atoms with Crippen molar-refractivity contribution in [2.45, 2.75) is 13.8 Å². The lowest BCUT2D eigenvalue weighted by Gasteiger charge is -2.13. The number of sulfonamides is 1. The van der Waals surface area contributed by atoms with Crippen LogP contribution in [-0.2, 0) is 10.0 Å². The number of nitrogens with two attached hydrogens (primary N) is 1. The third-order valence-corrected chi connectivity index (χ3v) is 4.60. The van der Waals surface area contributed by atoms with Crippen LogP contribution in [0.3, 0.4) is 0 Å². The third-order valence-electron chi connectivity index (χ3n) is 1.90. The summed E-state index contributed by atoms with van der Waals surface area (Å²) in [6.45, 7) is 3.69. The van der Waals surface area contributed by atoms with Gasteiger partial charge in [0.05, 0.1) is 17.1 Å². The summed E-state index contributed by atoms with van der Waals surface area (Å²) in [7, 11) is -3.37. The van der Waals surface area contributed by atoms with Crippen molar-refractivity contribution in [3.05, 3.63) is 21.1 Å². The maximum atomic E-state index is 11.8. The maximum absolute atomic E-state index is 11.8. The molecule has 0 atom stereocenters. The minimum absolute atomic E-state index is 0.0583. The van der Waals surface area contributed by atoms with Crippen molar-refractivity contribution in [1.82, 2.24) is 0 Å². The van der Waals surface area contributed by atoms with Crippen LogP contribution in [0, 0.1) is 5.92 Å². The molecule has 17 heavy (non-hydrogen) atoms. The van der Waals surface area contributed by atoms with Gasteiger partial charge in [0, 0.05) is 8.95 Å². The maximum Gasteiger partial charge on any atom is 0.233 e. The van der Waals surface area contributed by atoms with Crippen LogP contribution in [0.1, 0.15) is 13.8 Å². The van der Waals surface area contributed by atoms with Gasteiger partial charge in [0.2, 0.25) is 10.0 Å². The average molecular weight is 386 g/mol. The van der Waals surface area contributed by atoms with Crippen molar-refractivity contribution < 1.29 is 8.42 Å². The van der Waals surface area contributed by atoms with Crippen LogP contribution in [0.15, 0.2) is 21.1 Å². The Bertz CT molecular complexity index is 492. The van der Waals surface area contributed by atoms with Crippen molar-refractivity contribution in [1.29, 1.82) is 0 Å². The molecule has 0 saturated carbocycles. The normalized spacial score (nSPS) is 11.8. The number of nitrogens with one attached hydrogen (secondary N) is 1. The van der Waals surface area contributed by atoms with Crippen LogP contribution in [0.5, 0.6) is 0 Å². The van der Waals surface area contributed by atoms with Gasteiger partial charge in [-0.25, -0.2) is 8.42 Å². The molecule has 96 valence electrons. The number of rotatable bonds is 4. The van der Waals surface area contributed by atoms with Gasteiger partial charge in [0.25, 0.3) is 0 Å². The van der Waals surface area contributed by atoms with Crippen molar-refractivity contribution in [3.63, 3.8) is 0 Å². The second-order valence-corrected chi connectivity index (χ2v) is 7.67. The second kappa shape index (κ2) is 5.58. The standard InChI is InChI=1S/C10H14Br2N2O2S/c1-6(2)5-17(15,16)14-10-8(12)3-7(11)4-9(10)13/h3-4,6,14H,5,13H2,1-2H3. The predicted octanol–water partition coefficient (Wildman–Crippen LogP) is 3.19. The largest absolute Gasteiger partial charge is 0.397 e. The highest BCUT2D eigenvalue weighted by atomic mass is 79.9. The van der Waals surface area contributed by atoms with Crippen LogP contribution in [-0.4, -0.2) is 14.2 Å². The fraction of sp³-hybridized carbons (Fsp3) is 0.400. The fourth-order valence-corrected chi connectivity index (χ4v) is 4.33. The van der Waals surface area contributed by atoms with Crippen molar-refractivity contribution in [3.8, 4) is 0 Å². The van der Waals surface area contributed by atoms with E-state index < -0.39 is 10.0 Å². The monoisotopic (exact) mass is 384 g/mol. The van der Waals surface area contributed by atoms with Gasteiger partial charge in [0.15, 0.2) is 0 Å². The molecule has 0 bridgehead atoms. The molecule has 4 nitrogen and oxygen atoms in total. The van der Waals surface area contributed by atoms with Gasteiger partial charge in [-0.1, -0.05) is 29.8 Å². The van der Waals surface area contributed by atoms with E-state index in [1.54, 1.807) is 12.1 Å². The molecule has 0 aliphatic heterocycles. The van der Waals surface area contributed by atoms with Gasteiger partial charge in [-0.05, 0) is 34.0 Å². The molecule has 0 amide bonds. The zero-order valence-electron chi connectivity index (χ0n) is 9.50. The summed E-state index contributed by atoms with van der Waals surface area (Å²) >= 11 is 6.56. The topological polar surface area (TPSA) is 72.2 Å². The van der Waals surface area contributed by atoms with Gasteiger partial charge in [0.1, 0.15) is 0 Å². The molecule has 1 rings (SSSR count). The Morgan fingerprint density at radius 3 is 2.41 bits per heavy atom. The number of halogens is 2. The van der Waals surface area contributed by atoms with Gasteiger partial charge in [-0.2, -0.15) is 0 Å². The lowest BCUT2D eigenvalue weighted by Crippen LogP contribution is -2.21. The molecule has 0 heterocycles. The highest BCUT2D eigenvalue weighted by Gasteiger charge is 2.16. The number of benzene rings is 1. The van der Waals surface area contributed by atoms with E-state index in [4.69, 9.17) is 5.73 Å². The fourth-order valence-electron chi connectivity index (χ4n) is 1.34. The zero-order chi connectivity index (χ0) is 13.2. The van der Waals surface area contributed by atoms with E-state index >= 15 is 0 Å². The third kappa shape index (κ3) is 4.48. The summed E-state index contributed by atoms with van der Waals surface area (Å²) in [5.74, 6) is 0.123. The molecule has 0 radical (unpaired) electrons. The van der Waals surface area contributed by atoms with Crippen molar-refractivity contribution >= 4 is 53.3 Å². The zero-order valence-corrected chi connectivity index (χ0v) is 13.5. The van der Waals surface area contributed by atoms with Gasteiger partial charge >= 0.3 is 0 Å². The molecule has 0 unspecified atom stereocenters. The summed E-state index contributed by atoms with van der Waals surface area (Å²) in [5, 5.41) is 0. The van der Waals surface area contributed by atoms with Crippen LogP contribution in [0.2, 0.25) is 0 Å². The Kier molecular flexibility index (Phi) is 4.86. The van der Waals surface area contributed by atoms with E-state index in [0.717, 1.165) is 4.47 Å². The number of nitrogen functional groups attached to an aromatic ring is 1. The summed E-state index contributed by atoms with van der Waals surface area (Å²) in [6, 6.07) is 3.39.